The summed E-state index contributed by atoms with van der Waals surface area (Å²) in [5.41, 5.74) is 0.439. The molecule has 2 fully saturated rings. The number of urea groups is 1. The Labute approximate surface area is 139 Å². The fraction of sp³-hybridized carbons (Fsp3) is 0.562. The van der Waals surface area contributed by atoms with Crippen LogP contribution in [0.4, 0.5) is 19.3 Å². The lowest BCUT2D eigenvalue weighted by Crippen LogP contribution is -2.44. The molecule has 7 heteroatoms. The fourth-order valence-corrected chi connectivity index (χ4v) is 3.49. The number of hydrogen-bond acceptors (Lipinski definition) is 2. The van der Waals surface area contributed by atoms with Crippen molar-refractivity contribution in [3.63, 3.8) is 0 Å². The third-order valence-corrected chi connectivity index (χ3v) is 4.75. The summed E-state index contributed by atoms with van der Waals surface area (Å²) in [5.74, 6) is -2.83. The molecule has 4 nitrogen and oxygen atoms in total. The van der Waals surface area contributed by atoms with E-state index in [1.165, 1.54) is 4.90 Å². The van der Waals surface area contributed by atoms with Crippen LogP contribution < -0.4 is 5.32 Å². The maximum atomic E-state index is 13.8. The molecule has 2 saturated heterocycles. The molecule has 0 radical (unpaired) electrons. The van der Waals surface area contributed by atoms with E-state index in [0.717, 1.165) is 25.9 Å². The van der Waals surface area contributed by atoms with Gasteiger partial charge in [-0.2, -0.15) is 0 Å². The van der Waals surface area contributed by atoms with Gasteiger partial charge in [-0.3, -0.25) is 0 Å². The molecule has 0 spiro atoms. The molecule has 0 aromatic heterocycles. The second-order valence-corrected chi connectivity index (χ2v) is 6.67. The Hall–Kier alpha value is -1.40. The molecule has 1 aromatic rings. The van der Waals surface area contributed by atoms with E-state index in [-0.39, 0.29) is 6.42 Å². The summed E-state index contributed by atoms with van der Waals surface area (Å²) >= 11 is 6.02. The zero-order chi connectivity index (χ0) is 16.4. The van der Waals surface area contributed by atoms with Crippen molar-refractivity contribution >= 4 is 23.3 Å². The van der Waals surface area contributed by atoms with E-state index < -0.39 is 24.5 Å². The van der Waals surface area contributed by atoms with Gasteiger partial charge in [-0.15, -0.1) is 0 Å². The third-order valence-electron chi connectivity index (χ3n) is 4.42. The molecule has 1 aromatic carbocycles. The molecular formula is C16H20ClF2N3O. The molecule has 2 aliphatic rings. The molecule has 0 saturated carbocycles. The van der Waals surface area contributed by atoms with Crippen LogP contribution in [-0.2, 0) is 0 Å². The van der Waals surface area contributed by atoms with E-state index in [2.05, 4.69) is 10.2 Å². The van der Waals surface area contributed by atoms with Crippen molar-refractivity contribution in [3.8, 4) is 0 Å². The minimum Gasteiger partial charge on any atom is -0.314 e. The van der Waals surface area contributed by atoms with Gasteiger partial charge in [0.1, 0.15) is 0 Å². The first kappa shape index (κ1) is 16.5. The van der Waals surface area contributed by atoms with Gasteiger partial charge in [-0.05, 0) is 38.1 Å². The molecule has 2 aliphatic heterocycles. The summed E-state index contributed by atoms with van der Waals surface area (Å²) in [6.07, 6.45) is 1.91. The smallest absolute Gasteiger partial charge is 0.314 e. The molecule has 0 aliphatic carbocycles. The van der Waals surface area contributed by atoms with Crippen LogP contribution in [0, 0.1) is 0 Å². The Morgan fingerprint density at radius 2 is 2.00 bits per heavy atom. The van der Waals surface area contributed by atoms with Crippen molar-refractivity contribution in [2.24, 2.45) is 0 Å². The Kier molecular flexibility index (Phi) is 4.73. The predicted octanol–water partition coefficient (Wildman–Crippen LogP) is 3.68. The van der Waals surface area contributed by atoms with Crippen LogP contribution in [0.3, 0.4) is 0 Å². The number of carbonyl (C=O) groups excluding carboxylic acids is 1. The van der Waals surface area contributed by atoms with Crippen molar-refractivity contribution < 1.29 is 13.6 Å². The third kappa shape index (κ3) is 3.93. The summed E-state index contributed by atoms with van der Waals surface area (Å²) < 4.78 is 27.7. The highest BCUT2D eigenvalue weighted by molar-refractivity contribution is 6.33. The number of alkyl halides is 2. The van der Waals surface area contributed by atoms with Crippen LogP contribution in [-0.4, -0.2) is 54.0 Å². The van der Waals surface area contributed by atoms with E-state index in [9.17, 15) is 13.6 Å². The first-order chi connectivity index (χ1) is 10.9. The maximum Gasteiger partial charge on any atom is 0.322 e. The topological polar surface area (TPSA) is 35.6 Å². The highest BCUT2D eigenvalue weighted by Gasteiger charge is 2.47. The minimum atomic E-state index is -2.83. The first-order valence-corrected chi connectivity index (χ1v) is 8.25. The molecule has 1 N–H and O–H groups in total. The molecule has 3 rings (SSSR count). The van der Waals surface area contributed by atoms with Crippen LogP contribution in [0.15, 0.2) is 24.3 Å². The predicted molar refractivity (Wildman–Crippen MR) is 86.2 cm³/mol. The molecule has 0 bridgehead atoms. The van der Waals surface area contributed by atoms with E-state index in [1.807, 2.05) is 0 Å². The number of nitrogens with zero attached hydrogens (tertiary/aromatic N) is 2. The zero-order valence-corrected chi connectivity index (χ0v) is 13.5. The summed E-state index contributed by atoms with van der Waals surface area (Å²) in [6.45, 7) is 1.80. The average Bonchev–Trinajstić information content (AvgIpc) is 3.09. The van der Waals surface area contributed by atoms with Crippen molar-refractivity contribution in [2.45, 2.75) is 31.2 Å². The number of anilines is 1. The second-order valence-electron chi connectivity index (χ2n) is 6.26. The molecule has 2 amide bonds. The lowest BCUT2D eigenvalue weighted by Gasteiger charge is -2.28. The lowest BCUT2D eigenvalue weighted by atomic mass is 10.2. The highest BCUT2D eigenvalue weighted by atomic mass is 35.5. The van der Waals surface area contributed by atoms with Gasteiger partial charge in [-0.1, -0.05) is 23.7 Å². The number of nitrogens with one attached hydrogen (secondary N) is 1. The average molecular weight is 344 g/mol. The zero-order valence-electron chi connectivity index (χ0n) is 12.8. The summed E-state index contributed by atoms with van der Waals surface area (Å²) in [5, 5.41) is 3.04. The Morgan fingerprint density at radius 3 is 2.70 bits per heavy atom. The summed E-state index contributed by atoms with van der Waals surface area (Å²) in [7, 11) is 0. The molecule has 2 heterocycles. The Balaban J connectivity index is 1.69. The SMILES string of the molecule is O=C(Nc1ccccc1Cl)N1CC(F)(F)C[C@H]1CN1CCCC1. The van der Waals surface area contributed by atoms with Crippen molar-refractivity contribution in [1.82, 2.24) is 9.80 Å². The van der Waals surface area contributed by atoms with Crippen LogP contribution in [0.1, 0.15) is 19.3 Å². The van der Waals surface area contributed by atoms with Gasteiger partial charge in [0.05, 0.1) is 23.3 Å². The van der Waals surface area contributed by atoms with Crippen LogP contribution in [0.5, 0.6) is 0 Å². The van der Waals surface area contributed by atoms with E-state index in [0.29, 0.717) is 17.3 Å². The van der Waals surface area contributed by atoms with Gasteiger partial charge in [0, 0.05) is 13.0 Å². The van der Waals surface area contributed by atoms with Gasteiger partial charge in [0.15, 0.2) is 0 Å². The largest absolute Gasteiger partial charge is 0.322 e. The molecule has 0 unspecified atom stereocenters. The van der Waals surface area contributed by atoms with Crippen LogP contribution in [0.25, 0.3) is 0 Å². The van der Waals surface area contributed by atoms with Crippen molar-refractivity contribution in [1.29, 1.82) is 0 Å². The number of halogens is 3. The molecular weight excluding hydrogens is 324 g/mol. The second kappa shape index (κ2) is 6.61. The number of benzene rings is 1. The molecule has 1 atom stereocenters. The fourth-order valence-electron chi connectivity index (χ4n) is 3.31. The standard InChI is InChI=1S/C16H20ClF2N3O/c17-13-5-1-2-6-14(13)20-15(23)22-11-16(18,19)9-12(22)10-21-7-3-4-8-21/h1-2,5-6,12H,3-4,7-11H2,(H,20,23)/t12-/m0/s1. The number of para-hydroxylation sites is 1. The van der Waals surface area contributed by atoms with Gasteiger partial charge in [0.2, 0.25) is 0 Å². The number of carbonyl (C=O) groups is 1. The number of rotatable bonds is 3. The van der Waals surface area contributed by atoms with E-state index >= 15 is 0 Å². The Morgan fingerprint density at radius 1 is 1.30 bits per heavy atom. The number of likely N-dealkylation sites (tertiary alicyclic amines) is 2. The molecule has 23 heavy (non-hydrogen) atoms. The summed E-state index contributed by atoms with van der Waals surface area (Å²) in [4.78, 5) is 15.8. The van der Waals surface area contributed by atoms with Crippen molar-refractivity contribution in [3.05, 3.63) is 29.3 Å². The molecule has 126 valence electrons. The number of amides is 2. The minimum absolute atomic E-state index is 0.278. The highest BCUT2D eigenvalue weighted by Crippen LogP contribution is 2.33. The van der Waals surface area contributed by atoms with E-state index in [1.54, 1.807) is 24.3 Å². The van der Waals surface area contributed by atoms with Gasteiger partial charge in [-0.25, -0.2) is 13.6 Å². The van der Waals surface area contributed by atoms with Gasteiger partial charge < -0.3 is 15.1 Å². The van der Waals surface area contributed by atoms with Crippen LogP contribution >= 0.6 is 11.6 Å². The van der Waals surface area contributed by atoms with E-state index in [4.69, 9.17) is 11.6 Å². The first-order valence-electron chi connectivity index (χ1n) is 7.87. The maximum absolute atomic E-state index is 13.8. The Bertz CT molecular complexity index is 578. The number of hydrogen-bond donors (Lipinski definition) is 1. The van der Waals surface area contributed by atoms with Gasteiger partial charge >= 0.3 is 6.03 Å². The van der Waals surface area contributed by atoms with Crippen LogP contribution in [0.2, 0.25) is 5.02 Å². The van der Waals surface area contributed by atoms with Crippen molar-refractivity contribution in [2.75, 3.05) is 31.5 Å². The lowest BCUT2D eigenvalue weighted by molar-refractivity contribution is 0.0148. The quantitative estimate of drug-likeness (QED) is 0.908. The van der Waals surface area contributed by atoms with Gasteiger partial charge in [0.25, 0.3) is 5.92 Å². The normalized spacial score (nSPS) is 24.1. The summed E-state index contributed by atoms with van der Waals surface area (Å²) in [6, 6.07) is 5.81. The monoisotopic (exact) mass is 343 g/mol.